The first-order chi connectivity index (χ1) is 12.5. The van der Waals surface area contributed by atoms with Gasteiger partial charge in [-0.2, -0.15) is 0 Å². The SMILES string of the molecule is CO[C@H]1CC[C@@]2(OC)CCN(C(=O)C3(c4ccc(Cl)cc4)CCC3)[C@H]2C1. The number of hydrogen-bond acceptors (Lipinski definition) is 3. The van der Waals surface area contributed by atoms with Gasteiger partial charge >= 0.3 is 0 Å². The molecule has 142 valence electrons. The highest BCUT2D eigenvalue weighted by molar-refractivity contribution is 6.30. The molecule has 2 saturated carbocycles. The van der Waals surface area contributed by atoms with Gasteiger partial charge in [0.1, 0.15) is 0 Å². The van der Waals surface area contributed by atoms with Gasteiger partial charge in [0.25, 0.3) is 0 Å². The summed E-state index contributed by atoms with van der Waals surface area (Å²) in [5.41, 5.74) is 0.525. The highest BCUT2D eigenvalue weighted by Crippen LogP contribution is 2.49. The number of amides is 1. The normalized spacial score (nSPS) is 32.8. The molecule has 1 amide bonds. The molecule has 1 heterocycles. The van der Waals surface area contributed by atoms with E-state index in [-0.39, 0.29) is 29.1 Å². The molecule has 1 aromatic rings. The number of carbonyl (C=O) groups is 1. The van der Waals surface area contributed by atoms with Crippen molar-refractivity contribution >= 4 is 17.5 Å². The Morgan fingerprint density at radius 1 is 1.15 bits per heavy atom. The third-order valence-corrected chi connectivity index (χ3v) is 7.40. The Kier molecular flexibility index (Phi) is 4.79. The van der Waals surface area contributed by atoms with Gasteiger partial charge in [-0.3, -0.25) is 4.79 Å². The van der Waals surface area contributed by atoms with Crippen molar-refractivity contribution in [2.45, 2.75) is 68.1 Å². The van der Waals surface area contributed by atoms with Gasteiger partial charge in [0.2, 0.25) is 5.91 Å². The van der Waals surface area contributed by atoms with Crippen LogP contribution in [0.5, 0.6) is 0 Å². The van der Waals surface area contributed by atoms with Crippen LogP contribution in [-0.2, 0) is 19.7 Å². The molecule has 1 aromatic carbocycles. The number of carbonyl (C=O) groups excluding carboxylic acids is 1. The lowest BCUT2D eigenvalue weighted by Crippen LogP contribution is -2.58. The number of benzene rings is 1. The van der Waals surface area contributed by atoms with E-state index in [1.165, 1.54) is 0 Å². The average Bonchev–Trinajstić information content (AvgIpc) is 3.01. The molecule has 1 saturated heterocycles. The Labute approximate surface area is 160 Å². The predicted octanol–water partition coefficient (Wildman–Crippen LogP) is 3.95. The Morgan fingerprint density at radius 3 is 2.46 bits per heavy atom. The van der Waals surface area contributed by atoms with Crippen LogP contribution in [0.3, 0.4) is 0 Å². The van der Waals surface area contributed by atoms with Crippen molar-refractivity contribution in [3.8, 4) is 0 Å². The second-order valence-electron chi connectivity index (χ2n) is 8.11. The van der Waals surface area contributed by atoms with E-state index >= 15 is 0 Å². The maximum absolute atomic E-state index is 13.7. The fraction of sp³-hybridized carbons (Fsp3) is 0.667. The smallest absolute Gasteiger partial charge is 0.233 e. The predicted molar refractivity (Wildman–Crippen MR) is 101 cm³/mol. The molecule has 2 aliphatic carbocycles. The first kappa shape index (κ1) is 18.3. The molecule has 3 atom stereocenters. The summed E-state index contributed by atoms with van der Waals surface area (Å²) < 4.78 is 11.6. The summed E-state index contributed by atoms with van der Waals surface area (Å²) in [7, 11) is 3.57. The van der Waals surface area contributed by atoms with E-state index in [2.05, 4.69) is 4.90 Å². The Hall–Kier alpha value is -1.10. The van der Waals surface area contributed by atoms with Gasteiger partial charge in [-0.25, -0.2) is 0 Å². The summed E-state index contributed by atoms with van der Waals surface area (Å²) in [6.07, 6.45) is 6.91. The van der Waals surface area contributed by atoms with Crippen LogP contribution < -0.4 is 0 Å². The molecule has 3 aliphatic rings. The zero-order chi connectivity index (χ0) is 18.4. The van der Waals surface area contributed by atoms with Crippen molar-refractivity contribution in [1.82, 2.24) is 4.90 Å². The number of nitrogens with zero attached hydrogens (tertiary/aromatic N) is 1. The van der Waals surface area contributed by atoms with E-state index in [9.17, 15) is 4.79 Å². The summed E-state index contributed by atoms with van der Waals surface area (Å²) in [5.74, 6) is 0.270. The van der Waals surface area contributed by atoms with Gasteiger partial charge in [0, 0.05) is 25.8 Å². The first-order valence-electron chi connectivity index (χ1n) is 9.70. The lowest BCUT2D eigenvalue weighted by atomic mass is 9.63. The van der Waals surface area contributed by atoms with E-state index in [0.29, 0.717) is 5.02 Å². The Morgan fingerprint density at radius 2 is 1.88 bits per heavy atom. The zero-order valence-electron chi connectivity index (χ0n) is 15.7. The fourth-order valence-corrected chi connectivity index (χ4v) is 5.45. The molecular weight excluding hydrogens is 350 g/mol. The van der Waals surface area contributed by atoms with Crippen molar-refractivity contribution < 1.29 is 14.3 Å². The zero-order valence-corrected chi connectivity index (χ0v) is 16.4. The van der Waals surface area contributed by atoms with Crippen LogP contribution in [0.2, 0.25) is 5.02 Å². The quantitative estimate of drug-likeness (QED) is 0.797. The minimum atomic E-state index is -0.381. The highest BCUT2D eigenvalue weighted by Gasteiger charge is 2.57. The molecule has 4 nitrogen and oxygen atoms in total. The summed E-state index contributed by atoms with van der Waals surface area (Å²) in [6, 6.07) is 7.96. The molecule has 5 heteroatoms. The Balaban J connectivity index is 1.63. The minimum absolute atomic E-state index is 0.114. The molecule has 0 spiro atoms. The molecule has 1 aliphatic heterocycles. The molecular formula is C21H28ClNO3. The summed E-state index contributed by atoms with van der Waals surface area (Å²) in [5, 5.41) is 0.713. The van der Waals surface area contributed by atoms with Crippen molar-refractivity contribution in [3.63, 3.8) is 0 Å². The molecule has 0 radical (unpaired) electrons. The first-order valence-corrected chi connectivity index (χ1v) is 10.1. The van der Waals surface area contributed by atoms with E-state index < -0.39 is 0 Å². The summed E-state index contributed by atoms with van der Waals surface area (Å²) in [4.78, 5) is 15.9. The third-order valence-electron chi connectivity index (χ3n) is 7.15. The van der Waals surface area contributed by atoms with Crippen LogP contribution in [0.15, 0.2) is 24.3 Å². The number of fused-ring (bicyclic) bond motifs is 1. The van der Waals surface area contributed by atoms with Gasteiger partial charge in [0.15, 0.2) is 0 Å². The molecule has 26 heavy (non-hydrogen) atoms. The molecule has 3 fully saturated rings. The lowest BCUT2D eigenvalue weighted by molar-refractivity contribution is -0.149. The van der Waals surface area contributed by atoms with Crippen molar-refractivity contribution in [1.29, 1.82) is 0 Å². The maximum Gasteiger partial charge on any atom is 0.233 e. The largest absolute Gasteiger partial charge is 0.381 e. The summed E-state index contributed by atoms with van der Waals surface area (Å²) >= 11 is 6.06. The van der Waals surface area contributed by atoms with Crippen LogP contribution in [0.1, 0.15) is 50.5 Å². The van der Waals surface area contributed by atoms with Crippen molar-refractivity contribution in [2.24, 2.45) is 0 Å². The molecule has 0 aromatic heterocycles. The van der Waals surface area contributed by atoms with Gasteiger partial charge in [0.05, 0.1) is 23.2 Å². The number of hydrogen-bond donors (Lipinski definition) is 0. The topological polar surface area (TPSA) is 38.8 Å². The molecule has 0 N–H and O–H groups in total. The maximum atomic E-state index is 13.7. The third kappa shape index (κ3) is 2.69. The van der Waals surface area contributed by atoms with E-state index in [1.807, 2.05) is 24.3 Å². The Bertz CT molecular complexity index is 672. The second kappa shape index (κ2) is 6.81. The number of halogens is 1. The number of likely N-dealkylation sites (tertiary alicyclic amines) is 1. The van der Waals surface area contributed by atoms with Crippen LogP contribution >= 0.6 is 11.6 Å². The molecule has 4 rings (SSSR count). The van der Waals surface area contributed by atoms with Crippen LogP contribution in [0.4, 0.5) is 0 Å². The number of ether oxygens (including phenoxy) is 2. The van der Waals surface area contributed by atoms with Gasteiger partial charge in [-0.1, -0.05) is 30.2 Å². The van der Waals surface area contributed by atoms with E-state index in [4.69, 9.17) is 21.1 Å². The van der Waals surface area contributed by atoms with Crippen LogP contribution in [-0.4, -0.2) is 49.3 Å². The van der Waals surface area contributed by atoms with Crippen LogP contribution in [0.25, 0.3) is 0 Å². The van der Waals surface area contributed by atoms with E-state index in [1.54, 1.807) is 14.2 Å². The minimum Gasteiger partial charge on any atom is -0.381 e. The van der Waals surface area contributed by atoms with Gasteiger partial charge in [-0.05, 0) is 56.2 Å². The van der Waals surface area contributed by atoms with Crippen molar-refractivity contribution in [3.05, 3.63) is 34.9 Å². The van der Waals surface area contributed by atoms with E-state index in [0.717, 1.165) is 57.1 Å². The van der Waals surface area contributed by atoms with Gasteiger partial charge < -0.3 is 14.4 Å². The molecule has 0 unspecified atom stereocenters. The second-order valence-corrected chi connectivity index (χ2v) is 8.54. The average molecular weight is 378 g/mol. The van der Waals surface area contributed by atoms with Crippen LogP contribution in [0, 0.1) is 0 Å². The highest BCUT2D eigenvalue weighted by atomic mass is 35.5. The summed E-state index contributed by atoms with van der Waals surface area (Å²) in [6.45, 7) is 0.781. The van der Waals surface area contributed by atoms with Gasteiger partial charge in [-0.15, -0.1) is 0 Å². The molecule has 0 bridgehead atoms. The standard InChI is InChI=1S/C21H28ClNO3/c1-25-17-8-11-21(26-2)12-13-23(18(21)14-17)19(24)20(9-3-10-20)15-4-6-16(22)7-5-15/h4-7,17-18H,3,8-14H2,1-2H3/t17-,18-,21+/m0/s1. The number of rotatable bonds is 4. The van der Waals surface area contributed by atoms with Crippen molar-refractivity contribution in [2.75, 3.05) is 20.8 Å². The monoisotopic (exact) mass is 377 g/mol. The fourth-order valence-electron chi connectivity index (χ4n) is 5.32. The number of methoxy groups -OCH3 is 2. The lowest BCUT2D eigenvalue weighted by Gasteiger charge is -2.48.